The summed E-state index contributed by atoms with van der Waals surface area (Å²) in [7, 11) is 0. The van der Waals surface area contributed by atoms with Crippen LogP contribution in [0.25, 0.3) is 0 Å². The highest BCUT2D eigenvalue weighted by molar-refractivity contribution is 5.81. The second kappa shape index (κ2) is 9.73. The fourth-order valence-electron chi connectivity index (χ4n) is 2.58. The van der Waals surface area contributed by atoms with Crippen molar-refractivity contribution < 1.29 is 14.3 Å². The van der Waals surface area contributed by atoms with Gasteiger partial charge in [0.15, 0.2) is 0 Å². The van der Waals surface area contributed by atoms with Gasteiger partial charge in [-0.3, -0.25) is 14.5 Å². The number of nitrogens with one attached hydrogen (secondary N) is 1. The molecular formula is C15H29N3O3. The van der Waals surface area contributed by atoms with E-state index in [2.05, 4.69) is 19.2 Å². The highest BCUT2D eigenvalue weighted by atomic mass is 16.5. The molecule has 0 aromatic heterocycles. The maximum Gasteiger partial charge on any atom is 0.324 e. The van der Waals surface area contributed by atoms with E-state index in [-0.39, 0.29) is 17.9 Å². The van der Waals surface area contributed by atoms with E-state index < -0.39 is 0 Å². The largest absolute Gasteiger partial charge is 0.465 e. The average molecular weight is 299 g/mol. The number of carbonyl (C=O) groups excluding carboxylic acids is 2. The van der Waals surface area contributed by atoms with Crippen LogP contribution in [0.15, 0.2) is 0 Å². The van der Waals surface area contributed by atoms with Gasteiger partial charge >= 0.3 is 5.97 Å². The fourth-order valence-corrected chi connectivity index (χ4v) is 2.58. The lowest BCUT2D eigenvalue weighted by atomic mass is 10.2. The van der Waals surface area contributed by atoms with Gasteiger partial charge in [-0.05, 0) is 19.8 Å². The van der Waals surface area contributed by atoms with Gasteiger partial charge in [-0.1, -0.05) is 13.8 Å². The van der Waals surface area contributed by atoms with Crippen molar-refractivity contribution >= 4 is 11.9 Å². The summed E-state index contributed by atoms with van der Waals surface area (Å²) in [4.78, 5) is 28.2. The molecular weight excluding hydrogens is 270 g/mol. The van der Waals surface area contributed by atoms with E-state index in [0.29, 0.717) is 26.2 Å². The number of hydrogen-bond acceptors (Lipinski definition) is 5. The minimum atomic E-state index is -0.354. The van der Waals surface area contributed by atoms with Gasteiger partial charge in [-0.15, -0.1) is 0 Å². The molecule has 0 saturated carbocycles. The molecule has 1 N–H and O–H groups in total. The van der Waals surface area contributed by atoms with Crippen LogP contribution in [0.1, 0.15) is 33.6 Å². The Morgan fingerprint density at radius 2 is 1.90 bits per heavy atom. The molecule has 1 aliphatic heterocycles. The predicted octanol–water partition coefficient (Wildman–Crippen LogP) is 0.472. The maximum atomic E-state index is 12.4. The first-order valence-corrected chi connectivity index (χ1v) is 8.03. The van der Waals surface area contributed by atoms with Crippen molar-refractivity contribution in [1.29, 1.82) is 0 Å². The first-order chi connectivity index (χ1) is 10.1. The molecule has 1 rings (SSSR count). The van der Waals surface area contributed by atoms with E-state index in [4.69, 9.17) is 4.74 Å². The summed E-state index contributed by atoms with van der Waals surface area (Å²) in [5.41, 5.74) is 0. The molecule has 1 fully saturated rings. The summed E-state index contributed by atoms with van der Waals surface area (Å²) in [5.74, 6) is -0.134. The lowest BCUT2D eigenvalue weighted by Gasteiger charge is -2.35. The molecule has 0 aliphatic carbocycles. The topological polar surface area (TPSA) is 61.9 Å². The van der Waals surface area contributed by atoms with Gasteiger partial charge in [-0.25, -0.2) is 0 Å². The Bertz CT molecular complexity index is 330. The standard InChI is InChI=1S/C15H29N3O3/c1-4-8-17(9-5-2)14(19)12-18-10-7-16-11-13(18)15(20)21-6-3/h13,16H,4-12H2,1-3H3. The molecule has 0 aromatic carbocycles. The number of rotatable bonds is 8. The molecule has 1 aliphatic rings. The van der Waals surface area contributed by atoms with Crippen molar-refractivity contribution in [3.05, 3.63) is 0 Å². The van der Waals surface area contributed by atoms with Gasteiger partial charge in [0.25, 0.3) is 0 Å². The van der Waals surface area contributed by atoms with E-state index in [0.717, 1.165) is 32.5 Å². The minimum absolute atomic E-state index is 0.106. The first kappa shape index (κ1) is 17.9. The summed E-state index contributed by atoms with van der Waals surface area (Å²) >= 11 is 0. The van der Waals surface area contributed by atoms with Crippen LogP contribution in [0.3, 0.4) is 0 Å². The van der Waals surface area contributed by atoms with Crippen molar-refractivity contribution in [3.63, 3.8) is 0 Å². The number of nitrogens with zero attached hydrogens (tertiary/aromatic N) is 2. The summed E-state index contributed by atoms with van der Waals surface area (Å²) in [6.07, 6.45) is 1.91. The number of carbonyl (C=O) groups is 2. The number of amides is 1. The molecule has 0 aromatic rings. The zero-order valence-electron chi connectivity index (χ0n) is 13.6. The van der Waals surface area contributed by atoms with E-state index in [1.54, 1.807) is 6.92 Å². The summed E-state index contributed by atoms with van der Waals surface area (Å²) in [6.45, 7) is 10.2. The Kier molecular flexibility index (Phi) is 8.30. The molecule has 0 spiro atoms. The van der Waals surface area contributed by atoms with Crippen molar-refractivity contribution in [1.82, 2.24) is 15.1 Å². The monoisotopic (exact) mass is 299 g/mol. The van der Waals surface area contributed by atoms with Crippen LogP contribution in [0, 0.1) is 0 Å². The van der Waals surface area contributed by atoms with Crippen LogP contribution in [0.4, 0.5) is 0 Å². The fraction of sp³-hybridized carbons (Fsp3) is 0.867. The summed E-state index contributed by atoms with van der Waals surface area (Å²) < 4.78 is 5.10. The quantitative estimate of drug-likeness (QED) is 0.660. The Morgan fingerprint density at radius 1 is 1.24 bits per heavy atom. The van der Waals surface area contributed by atoms with Gasteiger partial charge in [0.2, 0.25) is 5.91 Å². The minimum Gasteiger partial charge on any atom is -0.465 e. The van der Waals surface area contributed by atoms with Crippen molar-refractivity contribution in [2.45, 2.75) is 39.7 Å². The molecule has 1 atom stereocenters. The second-order valence-corrected chi connectivity index (χ2v) is 5.32. The maximum absolute atomic E-state index is 12.4. The van der Waals surface area contributed by atoms with Crippen molar-refractivity contribution in [3.8, 4) is 0 Å². The molecule has 0 bridgehead atoms. The Hall–Kier alpha value is -1.14. The molecule has 122 valence electrons. The van der Waals surface area contributed by atoms with Crippen LogP contribution in [0.2, 0.25) is 0 Å². The molecule has 6 heteroatoms. The average Bonchev–Trinajstić information content (AvgIpc) is 2.47. The zero-order chi connectivity index (χ0) is 15.7. The van der Waals surface area contributed by atoms with Gasteiger partial charge in [0, 0.05) is 32.7 Å². The van der Waals surface area contributed by atoms with E-state index in [1.165, 1.54) is 0 Å². The second-order valence-electron chi connectivity index (χ2n) is 5.32. The SMILES string of the molecule is CCCN(CCC)C(=O)CN1CCNCC1C(=O)OCC. The lowest BCUT2D eigenvalue weighted by molar-refractivity contribution is -0.151. The Morgan fingerprint density at radius 3 is 2.48 bits per heavy atom. The van der Waals surface area contributed by atoms with Crippen LogP contribution in [0.5, 0.6) is 0 Å². The third-order valence-corrected chi connectivity index (χ3v) is 3.59. The number of piperazine rings is 1. The van der Waals surface area contributed by atoms with Gasteiger partial charge in [-0.2, -0.15) is 0 Å². The van der Waals surface area contributed by atoms with Crippen LogP contribution < -0.4 is 5.32 Å². The molecule has 1 amide bonds. The summed E-state index contributed by atoms with van der Waals surface area (Å²) in [5, 5.41) is 3.19. The van der Waals surface area contributed by atoms with E-state index in [9.17, 15) is 9.59 Å². The first-order valence-electron chi connectivity index (χ1n) is 8.03. The van der Waals surface area contributed by atoms with Crippen LogP contribution in [-0.2, 0) is 14.3 Å². The molecule has 0 radical (unpaired) electrons. The Balaban J connectivity index is 2.63. The smallest absolute Gasteiger partial charge is 0.324 e. The molecule has 6 nitrogen and oxygen atoms in total. The van der Waals surface area contributed by atoms with E-state index in [1.807, 2.05) is 9.80 Å². The van der Waals surface area contributed by atoms with Crippen LogP contribution in [-0.4, -0.2) is 73.6 Å². The van der Waals surface area contributed by atoms with Gasteiger partial charge < -0.3 is 15.0 Å². The third kappa shape index (κ3) is 5.63. The lowest BCUT2D eigenvalue weighted by Crippen LogP contribution is -2.57. The van der Waals surface area contributed by atoms with Crippen molar-refractivity contribution in [2.75, 3.05) is 45.9 Å². The number of ether oxygens (including phenoxy) is 1. The highest BCUT2D eigenvalue weighted by Crippen LogP contribution is 2.07. The van der Waals surface area contributed by atoms with Crippen LogP contribution >= 0.6 is 0 Å². The molecule has 21 heavy (non-hydrogen) atoms. The van der Waals surface area contributed by atoms with E-state index >= 15 is 0 Å². The number of esters is 1. The van der Waals surface area contributed by atoms with Gasteiger partial charge in [0.05, 0.1) is 13.2 Å². The predicted molar refractivity (Wildman–Crippen MR) is 82.0 cm³/mol. The summed E-state index contributed by atoms with van der Waals surface area (Å²) in [6, 6.07) is -0.354. The molecule has 1 heterocycles. The highest BCUT2D eigenvalue weighted by Gasteiger charge is 2.31. The van der Waals surface area contributed by atoms with Gasteiger partial charge in [0.1, 0.15) is 6.04 Å². The van der Waals surface area contributed by atoms with Crippen molar-refractivity contribution in [2.24, 2.45) is 0 Å². The Labute approximate surface area is 127 Å². The molecule has 1 unspecified atom stereocenters. The molecule has 1 saturated heterocycles. The zero-order valence-corrected chi connectivity index (χ0v) is 13.6. The number of hydrogen-bond donors (Lipinski definition) is 1. The third-order valence-electron chi connectivity index (χ3n) is 3.59. The normalized spacial score (nSPS) is 19.3.